The van der Waals surface area contributed by atoms with E-state index in [1.54, 1.807) is 0 Å². The maximum atomic E-state index is 11.5. The van der Waals surface area contributed by atoms with Crippen LogP contribution < -0.4 is 0 Å². The minimum Gasteiger partial charge on any atom is -0.507 e. The van der Waals surface area contributed by atoms with Crippen LogP contribution in [0.25, 0.3) is 0 Å². The van der Waals surface area contributed by atoms with Crippen LogP contribution in [0, 0.1) is 0 Å². The van der Waals surface area contributed by atoms with Gasteiger partial charge in [0.2, 0.25) is 0 Å². The number of hydrogen-bond donors (Lipinski definition) is 7. The molecule has 9 nitrogen and oxygen atoms in total. The highest BCUT2D eigenvalue weighted by atomic mass is 16.5. The van der Waals surface area contributed by atoms with E-state index in [2.05, 4.69) is 0 Å². The van der Waals surface area contributed by atoms with Gasteiger partial charge in [-0.05, 0) is 6.92 Å². The lowest BCUT2D eigenvalue weighted by Crippen LogP contribution is -2.55. The van der Waals surface area contributed by atoms with Crippen LogP contribution in [0.3, 0.4) is 0 Å². The molecular formula is C14H18O9. The molecule has 128 valence electrons. The highest BCUT2D eigenvalue weighted by Crippen LogP contribution is 2.45. The summed E-state index contributed by atoms with van der Waals surface area (Å²) in [7, 11) is 0. The van der Waals surface area contributed by atoms with Gasteiger partial charge in [-0.1, -0.05) is 0 Å². The quantitative estimate of drug-likeness (QED) is 0.327. The summed E-state index contributed by atoms with van der Waals surface area (Å²) >= 11 is 0. The summed E-state index contributed by atoms with van der Waals surface area (Å²) in [6.45, 7) is 0.378. The fourth-order valence-electron chi connectivity index (χ4n) is 2.62. The van der Waals surface area contributed by atoms with Crippen molar-refractivity contribution >= 4 is 5.78 Å². The number of aliphatic hydroxyl groups excluding tert-OH is 4. The zero-order valence-corrected chi connectivity index (χ0v) is 12.1. The number of aliphatic hydroxyl groups is 4. The third-order valence-electron chi connectivity index (χ3n) is 3.83. The number of ether oxygens (including phenoxy) is 1. The van der Waals surface area contributed by atoms with Crippen molar-refractivity contribution in [1.29, 1.82) is 0 Å². The molecule has 0 amide bonds. The Hall–Kier alpha value is -1.91. The van der Waals surface area contributed by atoms with Crippen LogP contribution in [0.4, 0.5) is 0 Å². The fourth-order valence-corrected chi connectivity index (χ4v) is 2.62. The molecular weight excluding hydrogens is 312 g/mol. The van der Waals surface area contributed by atoms with Gasteiger partial charge in [0.1, 0.15) is 53.3 Å². The third-order valence-corrected chi connectivity index (χ3v) is 3.83. The van der Waals surface area contributed by atoms with Crippen molar-refractivity contribution in [2.45, 2.75) is 37.4 Å². The molecule has 2 rings (SSSR count). The minimum absolute atomic E-state index is 0.440. The summed E-state index contributed by atoms with van der Waals surface area (Å²) in [5, 5.41) is 68.4. The van der Waals surface area contributed by atoms with E-state index in [0.29, 0.717) is 0 Å². The Morgan fingerprint density at radius 1 is 1.09 bits per heavy atom. The van der Waals surface area contributed by atoms with Crippen molar-refractivity contribution in [3.63, 3.8) is 0 Å². The molecule has 0 saturated carbocycles. The topological polar surface area (TPSA) is 168 Å². The van der Waals surface area contributed by atoms with Gasteiger partial charge in [-0.15, -0.1) is 0 Å². The largest absolute Gasteiger partial charge is 0.507 e. The van der Waals surface area contributed by atoms with Crippen molar-refractivity contribution < 1.29 is 45.3 Å². The Morgan fingerprint density at radius 3 is 2.22 bits per heavy atom. The predicted octanol–water partition coefficient (Wildman–Crippen LogP) is -1.48. The number of ketones is 1. The van der Waals surface area contributed by atoms with Crippen LogP contribution in [0.2, 0.25) is 0 Å². The SMILES string of the molecule is CC(=O)c1c(O)cc(O)c([C@@H]2O[C@H](CO)[C@@H](O)[C@H](O)[C@H]2O)c1O. The molecule has 9 heteroatoms. The maximum absolute atomic E-state index is 11.5. The van der Waals surface area contributed by atoms with Crippen molar-refractivity contribution in [3.8, 4) is 17.2 Å². The van der Waals surface area contributed by atoms with Gasteiger partial charge in [-0.2, -0.15) is 0 Å². The number of Topliss-reactive ketones (excluding diaryl/α,β-unsaturated/α-hetero) is 1. The average Bonchev–Trinajstić information content (AvgIpc) is 2.46. The van der Waals surface area contributed by atoms with Gasteiger partial charge in [0, 0.05) is 6.07 Å². The predicted molar refractivity (Wildman–Crippen MR) is 74.2 cm³/mol. The van der Waals surface area contributed by atoms with Gasteiger partial charge in [0.25, 0.3) is 0 Å². The molecule has 1 fully saturated rings. The summed E-state index contributed by atoms with van der Waals surface area (Å²) in [5.41, 5.74) is -0.931. The molecule has 1 aliphatic rings. The number of aromatic hydroxyl groups is 3. The summed E-state index contributed by atoms with van der Waals surface area (Å²) in [4.78, 5) is 11.5. The van der Waals surface area contributed by atoms with E-state index >= 15 is 0 Å². The lowest BCUT2D eigenvalue weighted by molar-refractivity contribution is -0.232. The Bertz CT molecular complexity index is 613. The molecule has 1 aromatic carbocycles. The van der Waals surface area contributed by atoms with Gasteiger partial charge in [0.05, 0.1) is 12.2 Å². The first-order valence-corrected chi connectivity index (χ1v) is 6.79. The van der Waals surface area contributed by atoms with Gasteiger partial charge in [0.15, 0.2) is 5.78 Å². The molecule has 5 atom stereocenters. The third kappa shape index (κ3) is 2.84. The van der Waals surface area contributed by atoms with E-state index in [1.165, 1.54) is 0 Å². The van der Waals surface area contributed by atoms with Crippen LogP contribution in [0.15, 0.2) is 6.07 Å². The first-order valence-electron chi connectivity index (χ1n) is 6.79. The zero-order chi connectivity index (χ0) is 17.5. The van der Waals surface area contributed by atoms with E-state index in [9.17, 15) is 35.4 Å². The van der Waals surface area contributed by atoms with Crippen LogP contribution in [0.1, 0.15) is 28.9 Å². The fraction of sp³-hybridized carbons (Fsp3) is 0.500. The van der Waals surface area contributed by atoms with Gasteiger partial charge in [-0.25, -0.2) is 0 Å². The lowest BCUT2D eigenvalue weighted by Gasteiger charge is -2.40. The molecule has 0 spiro atoms. The van der Waals surface area contributed by atoms with Crippen molar-refractivity contribution in [1.82, 2.24) is 0 Å². The molecule has 0 aromatic heterocycles. The average molecular weight is 330 g/mol. The molecule has 0 bridgehead atoms. The van der Waals surface area contributed by atoms with Crippen LogP contribution >= 0.6 is 0 Å². The molecule has 0 unspecified atom stereocenters. The molecule has 0 aliphatic carbocycles. The summed E-state index contributed by atoms with van der Waals surface area (Å²) < 4.78 is 5.23. The number of carbonyl (C=O) groups excluding carboxylic acids is 1. The maximum Gasteiger partial charge on any atom is 0.167 e. The summed E-state index contributed by atoms with van der Waals surface area (Å²) in [5.74, 6) is -2.87. The molecule has 1 aromatic rings. The monoisotopic (exact) mass is 330 g/mol. The van der Waals surface area contributed by atoms with Crippen molar-refractivity contribution in [2.24, 2.45) is 0 Å². The van der Waals surface area contributed by atoms with E-state index < -0.39 is 71.3 Å². The smallest absolute Gasteiger partial charge is 0.167 e. The normalized spacial score (nSPS) is 31.1. The summed E-state index contributed by atoms with van der Waals surface area (Å²) in [6.07, 6.45) is -7.89. The first kappa shape index (κ1) is 17.4. The van der Waals surface area contributed by atoms with E-state index in [-0.39, 0.29) is 0 Å². The highest BCUT2D eigenvalue weighted by Gasteiger charge is 2.46. The Balaban J connectivity index is 2.56. The molecule has 0 radical (unpaired) electrons. The number of phenolic OH excluding ortho intramolecular Hbond substituents is 3. The van der Waals surface area contributed by atoms with E-state index in [1.807, 2.05) is 0 Å². The number of benzene rings is 1. The number of rotatable bonds is 3. The second kappa shape index (κ2) is 6.30. The lowest BCUT2D eigenvalue weighted by atomic mass is 9.89. The molecule has 7 N–H and O–H groups in total. The zero-order valence-electron chi connectivity index (χ0n) is 12.1. The summed E-state index contributed by atoms with van der Waals surface area (Å²) in [6, 6.07) is 0.785. The van der Waals surface area contributed by atoms with Crippen LogP contribution in [-0.4, -0.2) is 72.6 Å². The molecule has 1 aliphatic heterocycles. The van der Waals surface area contributed by atoms with Crippen LogP contribution in [0.5, 0.6) is 17.2 Å². The van der Waals surface area contributed by atoms with Crippen molar-refractivity contribution in [3.05, 3.63) is 17.2 Å². The Labute approximate surface area is 130 Å². The van der Waals surface area contributed by atoms with Gasteiger partial charge >= 0.3 is 0 Å². The van der Waals surface area contributed by atoms with E-state index in [0.717, 1.165) is 13.0 Å². The Kier molecular flexibility index (Phi) is 4.78. The van der Waals surface area contributed by atoms with E-state index in [4.69, 9.17) is 9.84 Å². The second-order valence-corrected chi connectivity index (χ2v) is 5.36. The molecule has 1 heterocycles. The first-order chi connectivity index (χ1) is 10.7. The number of hydrogen-bond acceptors (Lipinski definition) is 9. The van der Waals surface area contributed by atoms with Crippen LogP contribution in [-0.2, 0) is 4.74 Å². The van der Waals surface area contributed by atoms with Crippen molar-refractivity contribution in [2.75, 3.05) is 6.61 Å². The highest BCUT2D eigenvalue weighted by molar-refractivity contribution is 6.00. The second-order valence-electron chi connectivity index (χ2n) is 5.36. The standard InChI is InChI=1S/C14H18O9/c1-4(16)8-5(17)2-6(18)9(11(8)20)14-13(22)12(21)10(19)7(3-15)23-14/h2,7,10,12-15,17-22H,3H2,1H3/t7-,10-,12+,13-,14+/m1/s1. The molecule has 1 saturated heterocycles. The van der Waals surface area contributed by atoms with Gasteiger partial charge < -0.3 is 40.5 Å². The minimum atomic E-state index is -1.76. The number of phenols is 3. The van der Waals surface area contributed by atoms with Gasteiger partial charge in [-0.3, -0.25) is 4.79 Å². The Morgan fingerprint density at radius 2 is 1.70 bits per heavy atom. The molecule has 23 heavy (non-hydrogen) atoms. The number of carbonyl (C=O) groups is 1.